The Labute approximate surface area is 145 Å². The minimum atomic E-state index is -4.49. The Hall–Kier alpha value is -1.76. The second kappa shape index (κ2) is 7.23. The maximum absolute atomic E-state index is 13.2. The molecule has 1 amide bonds. The Morgan fingerprint density at radius 1 is 1.32 bits per heavy atom. The van der Waals surface area contributed by atoms with Crippen LogP contribution in [0.5, 0.6) is 5.75 Å². The zero-order valence-electron chi connectivity index (χ0n) is 14.2. The SMILES string of the molecule is COc1ccc(CNC(=O)C2CC3CCCCC3N2)c(C(F)(F)F)c1. The third-order valence-electron chi connectivity index (χ3n) is 5.25. The molecule has 3 atom stereocenters. The number of carbonyl (C=O) groups is 1. The van der Waals surface area contributed by atoms with Gasteiger partial charge in [0.1, 0.15) is 5.75 Å². The maximum atomic E-state index is 13.2. The fourth-order valence-corrected chi connectivity index (χ4v) is 3.93. The van der Waals surface area contributed by atoms with Crippen molar-refractivity contribution in [2.24, 2.45) is 5.92 Å². The lowest BCUT2D eigenvalue weighted by atomic mass is 9.85. The number of alkyl halides is 3. The number of rotatable bonds is 4. The van der Waals surface area contributed by atoms with Crippen LogP contribution >= 0.6 is 0 Å². The lowest BCUT2D eigenvalue weighted by Gasteiger charge is -2.24. The highest BCUT2D eigenvalue weighted by Gasteiger charge is 2.38. The van der Waals surface area contributed by atoms with E-state index in [1.807, 2.05) is 0 Å². The molecule has 2 N–H and O–H groups in total. The monoisotopic (exact) mass is 356 g/mol. The third-order valence-corrected chi connectivity index (χ3v) is 5.25. The second-order valence-corrected chi connectivity index (χ2v) is 6.84. The molecule has 1 aromatic carbocycles. The quantitative estimate of drug-likeness (QED) is 0.871. The molecule has 1 aliphatic heterocycles. The van der Waals surface area contributed by atoms with Gasteiger partial charge in [-0.25, -0.2) is 0 Å². The molecule has 3 rings (SSSR count). The van der Waals surface area contributed by atoms with Gasteiger partial charge >= 0.3 is 6.18 Å². The van der Waals surface area contributed by atoms with Crippen molar-refractivity contribution in [2.45, 2.75) is 56.9 Å². The van der Waals surface area contributed by atoms with Gasteiger partial charge in [0.05, 0.1) is 18.7 Å². The summed E-state index contributed by atoms with van der Waals surface area (Å²) >= 11 is 0. The van der Waals surface area contributed by atoms with Crippen molar-refractivity contribution < 1.29 is 22.7 Å². The summed E-state index contributed by atoms with van der Waals surface area (Å²) in [5.41, 5.74) is -0.739. The lowest BCUT2D eigenvalue weighted by Crippen LogP contribution is -2.43. The number of amides is 1. The van der Waals surface area contributed by atoms with Crippen molar-refractivity contribution in [3.05, 3.63) is 29.3 Å². The molecule has 3 unspecified atom stereocenters. The number of ether oxygens (including phenoxy) is 1. The summed E-state index contributed by atoms with van der Waals surface area (Å²) in [7, 11) is 1.32. The van der Waals surface area contributed by atoms with Crippen LogP contribution in [0.25, 0.3) is 0 Å². The van der Waals surface area contributed by atoms with E-state index >= 15 is 0 Å². The molecule has 138 valence electrons. The molecule has 0 bridgehead atoms. The van der Waals surface area contributed by atoms with Gasteiger partial charge in [-0.05, 0) is 42.9 Å². The van der Waals surface area contributed by atoms with Crippen LogP contribution < -0.4 is 15.4 Å². The Bertz CT molecular complexity index is 619. The highest BCUT2D eigenvalue weighted by Crippen LogP contribution is 2.35. The van der Waals surface area contributed by atoms with Crippen molar-refractivity contribution in [3.8, 4) is 5.75 Å². The normalized spacial score (nSPS) is 26.2. The van der Waals surface area contributed by atoms with E-state index in [4.69, 9.17) is 4.74 Å². The zero-order chi connectivity index (χ0) is 18.0. The van der Waals surface area contributed by atoms with Crippen LogP contribution in [-0.4, -0.2) is 25.1 Å². The standard InChI is InChI=1S/C18H23F3N2O2/c1-25-13-7-6-12(14(9-13)18(19,20)21)10-22-17(24)16-8-11-4-2-3-5-15(11)23-16/h6-7,9,11,15-16,23H,2-5,8,10H2,1H3,(H,22,24). The van der Waals surface area contributed by atoms with Crippen LogP contribution in [0, 0.1) is 5.92 Å². The van der Waals surface area contributed by atoms with Gasteiger partial charge in [0, 0.05) is 12.6 Å². The molecule has 0 aromatic heterocycles. The second-order valence-electron chi connectivity index (χ2n) is 6.84. The average Bonchev–Trinajstić information content (AvgIpc) is 3.03. The molecular weight excluding hydrogens is 333 g/mol. The first-order valence-corrected chi connectivity index (χ1v) is 8.66. The number of methoxy groups -OCH3 is 1. The van der Waals surface area contributed by atoms with Gasteiger partial charge in [0.2, 0.25) is 5.91 Å². The van der Waals surface area contributed by atoms with Crippen LogP contribution in [-0.2, 0) is 17.5 Å². The number of carbonyl (C=O) groups excluding carboxylic acids is 1. The van der Waals surface area contributed by atoms with Crippen LogP contribution in [0.15, 0.2) is 18.2 Å². The first-order chi connectivity index (χ1) is 11.9. The highest BCUT2D eigenvalue weighted by atomic mass is 19.4. The van der Waals surface area contributed by atoms with E-state index in [1.165, 1.54) is 32.1 Å². The molecule has 1 saturated heterocycles. The molecule has 1 aliphatic carbocycles. The number of nitrogens with one attached hydrogen (secondary N) is 2. The maximum Gasteiger partial charge on any atom is 0.416 e. The molecule has 2 aliphatic rings. The minimum absolute atomic E-state index is 0.0389. The van der Waals surface area contributed by atoms with Gasteiger partial charge in [-0.1, -0.05) is 18.9 Å². The lowest BCUT2D eigenvalue weighted by molar-refractivity contribution is -0.138. The van der Waals surface area contributed by atoms with Crippen molar-refractivity contribution in [1.82, 2.24) is 10.6 Å². The molecule has 7 heteroatoms. The Balaban J connectivity index is 1.64. The Morgan fingerprint density at radius 2 is 2.08 bits per heavy atom. The molecule has 25 heavy (non-hydrogen) atoms. The number of hydrogen-bond acceptors (Lipinski definition) is 3. The van der Waals surface area contributed by atoms with Crippen molar-refractivity contribution in [1.29, 1.82) is 0 Å². The first kappa shape index (κ1) is 18.0. The van der Waals surface area contributed by atoms with Gasteiger partial charge in [-0.2, -0.15) is 13.2 Å². The summed E-state index contributed by atoms with van der Waals surface area (Å²) in [6.07, 6.45) is 0.838. The Kier molecular flexibility index (Phi) is 5.22. The number of fused-ring (bicyclic) bond motifs is 1. The van der Waals surface area contributed by atoms with E-state index in [-0.39, 0.29) is 29.8 Å². The molecule has 0 radical (unpaired) electrons. The average molecular weight is 356 g/mol. The fourth-order valence-electron chi connectivity index (χ4n) is 3.93. The van der Waals surface area contributed by atoms with Crippen LogP contribution in [0.1, 0.15) is 43.2 Å². The third kappa shape index (κ3) is 4.08. The van der Waals surface area contributed by atoms with Crippen LogP contribution in [0.4, 0.5) is 13.2 Å². The van der Waals surface area contributed by atoms with E-state index in [0.29, 0.717) is 12.0 Å². The highest BCUT2D eigenvalue weighted by molar-refractivity contribution is 5.82. The van der Waals surface area contributed by atoms with E-state index in [1.54, 1.807) is 0 Å². The zero-order valence-corrected chi connectivity index (χ0v) is 14.2. The van der Waals surface area contributed by atoms with E-state index < -0.39 is 11.7 Å². The number of halogens is 3. The molecular formula is C18H23F3N2O2. The molecule has 0 spiro atoms. The van der Waals surface area contributed by atoms with Crippen LogP contribution in [0.3, 0.4) is 0 Å². The summed E-state index contributed by atoms with van der Waals surface area (Å²) in [5, 5.41) is 6.00. The van der Waals surface area contributed by atoms with Gasteiger partial charge < -0.3 is 15.4 Å². The molecule has 1 saturated carbocycles. The summed E-state index contributed by atoms with van der Waals surface area (Å²) < 4.78 is 44.5. The number of hydrogen-bond donors (Lipinski definition) is 2. The Morgan fingerprint density at radius 3 is 2.76 bits per heavy atom. The topological polar surface area (TPSA) is 50.4 Å². The first-order valence-electron chi connectivity index (χ1n) is 8.66. The van der Waals surface area contributed by atoms with Gasteiger partial charge in [-0.15, -0.1) is 0 Å². The van der Waals surface area contributed by atoms with Crippen molar-refractivity contribution in [2.75, 3.05) is 7.11 Å². The summed E-state index contributed by atoms with van der Waals surface area (Å²) in [4.78, 5) is 12.4. The molecule has 4 nitrogen and oxygen atoms in total. The summed E-state index contributed by atoms with van der Waals surface area (Å²) in [6.45, 7) is -0.148. The van der Waals surface area contributed by atoms with Crippen molar-refractivity contribution in [3.63, 3.8) is 0 Å². The molecule has 2 fully saturated rings. The summed E-state index contributed by atoms with van der Waals surface area (Å²) in [5.74, 6) is 0.429. The van der Waals surface area contributed by atoms with Crippen LogP contribution in [0.2, 0.25) is 0 Å². The van der Waals surface area contributed by atoms with E-state index in [2.05, 4.69) is 10.6 Å². The molecule has 1 heterocycles. The smallest absolute Gasteiger partial charge is 0.416 e. The molecule has 1 aromatic rings. The van der Waals surface area contributed by atoms with Gasteiger partial charge in [0.15, 0.2) is 0 Å². The van der Waals surface area contributed by atoms with E-state index in [9.17, 15) is 18.0 Å². The fraction of sp³-hybridized carbons (Fsp3) is 0.611. The van der Waals surface area contributed by atoms with Gasteiger partial charge in [-0.3, -0.25) is 4.79 Å². The van der Waals surface area contributed by atoms with Crippen molar-refractivity contribution >= 4 is 5.91 Å². The number of benzene rings is 1. The summed E-state index contributed by atoms with van der Waals surface area (Å²) in [6, 6.07) is 3.85. The predicted molar refractivity (Wildman–Crippen MR) is 87.1 cm³/mol. The predicted octanol–water partition coefficient (Wildman–Crippen LogP) is 3.25. The van der Waals surface area contributed by atoms with Gasteiger partial charge in [0.25, 0.3) is 0 Å². The minimum Gasteiger partial charge on any atom is -0.497 e. The largest absolute Gasteiger partial charge is 0.497 e. The van der Waals surface area contributed by atoms with E-state index in [0.717, 1.165) is 25.3 Å².